The molecule has 29 heavy (non-hydrogen) atoms. The third-order valence-corrected chi connectivity index (χ3v) is 7.21. The number of phenols is 2. The van der Waals surface area contributed by atoms with E-state index in [1.54, 1.807) is 0 Å². The minimum Gasteiger partial charge on any atom is -0.504 e. The summed E-state index contributed by atoms with van der Waals surface area (Å²) in [7, 11) is -5.16. The van der Waals surface area contributed by atoms with E-state index in [4.69, 9.17) is 46.4 Å². The minimum atomic E-state index is -5.16. The molecular formula is C19H12Cl4O5S. The van der Waals surface area contributed by atoms with Gasteiger partial charge >= 0.3 is 0 Å². The smallest absolute Gasteiger partial charge is 0.283 e. The fourth-order valence-electron chi connectivity index (χ4n) is 3.22. The van der Waals surface area contributed by atoms with E-state index in [0.717, 1.165) is 6.07 Å². The van der Waals surface area contributed by atoms with Crippen molar-refractivity contribution in [2.75, 3.05) is 0 Å². The lowest BCUT2D eigenvalue weighted by atomic mass is 9.83. The van der Waals surface area contributed by atoms with Gasteiger partial charge in [0.1, 0.15) is 0 Å². The highest BCUT2D eigenvalue weighted by atomic mass is 35.5. The monoisotopic (exact) mass is 492 g/mol. The van der Waals surface area contributed by atoms with Crippen LogP contribution in [0.3, 0.4) is 0 Å². The molecule has 0 saturated carbocycles. The molecule has 3 rings (SSSR count). The third-order valence-electron chi connectivity index (χ3n) is 4.41. The molecule has 0 saturated heterocycles. The minimum absolute atomic E-state index is 0.00464. The van der Waals surface area contributed by atoms with Crippen LogP contribution in [0, 0.1) is 0 Å². The van der Waals surface area contributed by atoms with Gasteiger partial charge in [-0.05, 0) is 35.9 Å². The fourth-order valence-corrected chi connectivity index (χ4v) is 5.60. The Balaban J connectivity index is 2.68. The molecule has 0 aliphatic heterocycles. The first-order valence-electron chi connectivity index (χ1n) is 7.90. The molecule has 0 aromatic heterocycles. The molecule has 1 atom stereocenters. The van der Waals surface area contributed by atoms with Crippen molar-refractivity contribution in [1.82, 2.24) is 0 Å². The molecule has 0 amide bonds. The van der Waals surface area contributed by atoms with Crippen LogP contribution in [-0.2, 0) is 14.9 Å². The van der Waals surface area contributed by atoms with E-state index >= 15 is 0 Å². The summed E-state index contributed by atoms with van der Waals surface area (Å²) in [6.45, 7) is 0. The molecule has 0 aliphatic rings. The molecule has 3 aromatic rings. The van der Waals surface area contributed by atoms with Crippen LogP contribution in [0.2, 0.25) is 20.1 Å². The zero-order valence-electron chi connectivity index (χ0n) is 14.3. The average molecular weight is 494 g/mol. The van der Waals surface area contributed by atoms with Gasteiger partial charge in [0.05, 0.1) is 15.1 Å². The van der Waals surface area contributed by atoms with Gasteiger partial charge in [-0.2, -0.15) is 8.42 Å². The summed E-state index contributed by atoms with van der Waals surface area (Å²) >= 11 is 24.8. The van der Waals surface area contributed by atoms with Crippen molar-refractivity contribution in [1.29, 1.82) is 0 Å². The molecule has 3 N–H and O–H groups in total. The van der Waals surface area contributed by atoms with Crippen molar-refractivity contribution in [3.05, 3.63) is 91.4 Å². The second-order valence-corrected chi connectivity index (χ2v) is 9.25. The van der Waals surface area contributed by atoms with Gasteiger partial charge in [0.25, 0.3) is 10.1 Å². The first-order valence-corrected chi connectivity index (χ1v) is 10.9. The highest BCUT2D eigenvalue weighted by Gasteiger charge is 2.53. The van der Waals surface area contributed by atoms with Crippen LogP contribution in [0.25, 0.3) is 0 Å². The molecule has 1 unspecified atom stereocenters. The number of halogens is 4. The first kappa shape index (κ1) is 22.0. The standard InChI is InChI=1S/C19H12Cl4O5S/c20-11-4-1-3-10(9-11)19(29(26,27)28,12-5-2-6-14(22)17(12)23)16-13(21)7-8-15(24)18(16)25/h1-9,24-25H,(H,26,27,28). The maximum Gasteiger partial charge on any atom is 0.283 e. The van der Waals surface area contributed by atoms with Gasteiger partial charge in [-0.1, -0.05) is 70.7 Å². The summed E-state index contributed by atoms with van der Waals surface area (Å²) in [6.07, 6.45) is 0. The van der Waals surface area contributed by atoms with Gasteiger partial charge in [-0.15, -0.1) is 0 Å². The van der Waals surface area contributed by atoms with Crippen molar-refractivity contribution < 1.29 is 23.2 Å². The predicted octanol–water partition coefficient (Wildman–Crippen LogP) is 5.89. The average Bonchev–Trinajstić information content (AvgIpc) is 2.64. The van der Waals surface area contributed by atoms with Crippen LogP contribution >= 0.6 is 46.4 Å². The van der Waals surface area contributed by atoms with Gasteiger partial charge in [0, 0.05) is 16.1 Å². The maximum absolute atomic E-state index is 13.0. The number of hydrogen-bond acceptors (Lipinski definition) is 4. The van der Waals surface area contributed by atoms with Crippen LogP contribution in [-0.4, -0.2) is 23.2 Å². The molecule has 0 heterocycles. The summed E-state index contributed by atoms with van der Waals surface area (Å²) in [5.74, 6) is -1.51. The van der Waals surface area contributed by atoms with Crippen LogP contribution < -0.4 is 0 Å². The van der Waals surface area contributed by atoms with Crippen molar-refractivity contribution in [3.63, 3.8) is 0 Å². The highest BCUT2D eigenvalue weighted by Crippen LogP contribution is 2.54. The van der Waals surface area contributed by atoms with E-state index in [9.17, 15) is 23.2 Å². The van der Waals surface area contributed by atoms with Crippen LogP contribution in [0.1, 0.15) is 16.7 Å². The van der Waals surface area contributed by atoms with Crippen molar-refractivity contribution in [2.24, 2.45) is 0 Å². The molecule has 10 heteroatoms. The number of benzene rings is 3. The number of rotatable bonds is 4. The quantitative estimate of drug-likeness (QED) is 0.239. The molecule has 3 aromatic carbocycles. The normalized spacial score (nSPS) is 13.8. The van der Waals surface area contributed by atoms with E-state index in [1.807, 2.05) is 0 Å². The van der Waals surface area contributed by atoms with E-state index in [2.05, 4.69) is 0 Å². The van der Waals surface area contributed by atoms with E-state index < -0.39 is 31.9 Å². The molecular weight excluding hydrogens is 482 g/mol. The third kappa shape index (κ3) is 3.54. The number of hydrogen-bond donors (Lipinski definition) is 3. The highest BCUT2D eigenvalue weighted by molar-refractivity contribution is 7.87. The largest absolute Gasteiger partial charge is 0.504 e. The summed E-state index contributed by atoms with van der Waals surface area (Å²) < 4.78 is 34.0. The fraction of sp³-hybridized carbons (Fsp3) is 0.0526. The number of phenolic OH excluding ortho intramolecular Hbond substituents is 2. The topological polar surface area (TPSA) is 94.8 Å². The van der Waals surface area contributed by atoms with Crippen molar-refractivity contribution >= 4 is 56.5 Å². The van der Waals surface area contributed by atoms with Crippen LogP contribution in [0.15, 0.2) is 54.6 Å². The first-order chi connectivity index (χ1) is 13.5. The molecule has 0 fully saturated rings. The van der Waals surface area contributed by atoms with E-state index in [0.29, 0.717) is 0 Å². The van der Waals surface area contributed by atoms with E-state index in [1.165, 1.54) is 48.5 Å². The Bertz CT molecular complexity index is 1210. The SMILES string of the molecule is O=S(=O)(O)C(c1cccc(Cl)c1)(c1cccc(Cl)c1Cl)c1c(Cl)ccc(O)c1O. The maximum atomic E-state index is 13.0. The van der Waals surface area contributed by atoms with Gasteiger partial charge in [-0.25, -0.2) is 0 Å². The Hall–Kier alpha value is -1.67. The number of aromatic hydroxyl groups is 2. The predicted molar refractivity (Wildman–Crippen MR) is 114 cm³/mol. The summed E-state index contributed by atoms with van der Waals surface area (Å²) in [6, 6.07) is 12.0. The van der Waals surface area contributed by atoms with Crippen LogP contribution in [0.5, 0.6) is 11.5 Å². The summed E-state index contributed by atoms with van der Waals surface area (Å²) in [4.78, 5) is 0. The molecule has 0 aliphatic carbocycles. The lowest BCUT2D eigenvalue weighted by molar-refractivity contribution is 0.394. The summed E-state index contributed by atoms with van der Waals surface area (Å²) in [5, 5.41) is 20.3. The lowest BCUT2D eigenvalue weighted by Gasteiger charge is -2.34. The molecule has 0 spiro atoms. The Labute approximate surface area is 186 Å². The Morgan fingerprint density at radius 2 is 1.48 bits per heavy atom. The summed E-state index contributed by atoms with van der Waals surface area (Å²) in [5.41, 5.74) is -0.785. The molecule has 5 nitrogen and oxygen atoms in total. The second kappa shape index (κ2) is 7.87. The molecule has 0 bridgehead atoms. The Morgan fingerprint density at radius 3 is 2.10 bits per heavy atom. The van der Waals surface area contributed by atoms with Gasteiger partial charge in [0.15, 0.2) is 16.2 Å². The van der Waals surface area contributed by atoms with Gasteiger partial charge in [-0.3, -0.25) is 4.55 Å². The molecule has 0 radical (unpaired) electrons. The Morgan fingerprint density at radius 1 is 0.828 bits per heavy atom. The lowest BCUT2D eigenvalue weighted by Crippen LogP contribution is -2.39. The van der Waals surface area contributed by atoms with E-state index in [-0.39, 0.29) is 31.2 Å². The second-order valence-electron chi connectivity index (χ2n) is 6.06. The Kier molecular flexibility index (Phi) is 5.98. The molecule has 152 valence electrons. The van der Waals surface area contributed by atoms with Gasteiger partial charge < -0.3 is 10.2 Å². The zero-order chi connectivity index (χ0) is 21.6. The van der Waals surface area contributed by atoms with Gasteiger partial charge in [0.2, 0.25) is 0 Å². The zero-order valence-corrected chi connectivity index (χ0v) is 18.1. The van der Waals surface area contributed by atoms with Crippen LogP contribution in [0.4, 0.5) is 0 Å². The van der Waals surface area contributed by atoms with Crippen molar-refractivity contribution in [2.45, 2.75) is 4.75 Å². The van der Waals surface area contributed by atoms with Crippen molar-refractivity contribution in [3.8, 4) is 11.5 Å².